The number of nitrogens with zero attached hydrogens (tertiary/aromatic N) is 5. The highest BCUT2D eigenvalue weighted by atomic mass is 32.1. The number of benzene rings is 1. The third-order valence-electron chi connectivity index (χ3n) is 6.29. The van der Waals surface area contributed by atoms with Crippen LogP contribution in [0.25, 0.3) is 22.4 Å². The maximum Gasteiger partial charge on any atom is 0.282 e. The first kappa shape index (κ1) is 20.9. The van der Waals surface area contributed by atoms with Crippen LogP contribution < -0.4 is 9.64 Å². The largest absolute Gasteiger partial charge is 0.492 e. The standard InChI is InChI=1S/C25H24N6O2S/c32-25(31-10-3-9-30(11-12-31)22-4-1-2-8-26-22)24-29-23-19-6-5-17(18-15-27-28-16-18)14-20(19)33-13-7-21(23)34-24/h1-2,4-6,8,14-16H,3,7,9-13H2,(H,27,28). The van der Waals surface area contributed by atoms with E-state index >= 15 is 0 Å². The molecule has 0 atom stereocenters. The Morgan fingerprint density at radius 2 is 2.06 bits per heavy atom. The molecule has 1 fully saturated rings. The molecule has 0 bridgehead atoms. The van der Waals surface area contributed by atoms with E-state index in [0.29, 0.717) is 18.2 Å². The van der Waals surface area contributed by atoms with Crippen LogP contribution >= 0.6 is 11.3 Å². The van der Waals surface area contributed by atoms with E-state index in [1.54, 1.807) is 6.20 Å². The van der Waals surface area contributed by atoms with Gasteiger partial charge < -0.3 is 14.5 Å². The normalized spacial score (nSPS) is 15.6. The Labute approximate surface area is 201 Å². The zero-order valence-electron chi connectivity index (χ0n) is 18.6. The lowest BCUT2D eigenvalue weighted by Gasteiger charge is -2.22. The number of hydrogen-bond donors (Lipinski definition) is 1. The van der Waals surface area contributed by atoms with Crippen molar-refractivity contribution in [2.75, 3.05) is 37.7 Å². The summed E-state index contributed by atoms with van der Waals surface area (Å²) in [6.45, 7) is 3.60. The fourth-order valence-corrected chi connectivity index (χ4v) is 5.55. The number of hydrogen-bond acceptors (Lipinski definition) is 7. The van der Waals surface area contributed by atoms with E-state index in [1.807, 2.05) is 53.7 Å². The molecule has 1 aromatic carbocycles. The van der Waals surface area contributed by atoms with Gasteiger partial charge in [0, 0.05) is 61.0 Å². The lowest BCUT2D eigenvalue weighted by molar-refractivity contribution is 0.0766. The number of rotatable bonds is 3. The molecule has 0 aliphatic carbocycles. The van der Waals surface area contributed by atoms with Crippen molar-refractivity contribution in [2.24, 2.45) is 0 Å². The summed E-state index contributed by atoms with van der Waals surface area (Å²) >= 11 is 1.50. The Morgan fingerprint density at radius 3 is 2.91 bits per heavy atom. The molecule has 1 N–H and O–H groups in total. The summed E-state index contributed by atoms with van der Waals surface area (Å²) in [5, 5.41) is 7.44. The van der Waals surface area contributed by atoms with E-state index in [4.69, 9.17) is 9.72 Å². The summed E-state index contributed by atoms with van der Waals surface area (Å²) in [5.41, 5.74) is 3.84. The number of pyridine rings is 1. The van der Waals surface area contributed by atoms with Crippen LogP contribution in [0.3, 0.4) is 0 Å². The molecule has 8 nitrogen and oxygen atoms in total. The molecule has 172 valence electrons. The molecular formula is C25H24N6O2S. The number of H-pyrrole nitrogens is 1. The number of ether oxygens (including phenoxy) is 1. The van der Waals surface area contributed by atoms with E-state index in [1.165, 1.54) is 11.3 Å². The van der Waals surface area contributed by atoms with Gasteiger partial charge in [0.15, 0.2) is 5.01 Å². The van der Waals surface area contributed by atoms with Crippen molar-refractivity contribution in [3.05, 3.63) is 64.9 Å². The molecule has 1 saturated heterocycles. The molecule has 2 aliphatic heterocycles. The number of aromatic nitrogens is 4. The average molecular weight is 473 g/mol. The molecule has 2 aliphatic rings. The second-order valence-electron chi connectivity index (χ2n) is 8.41. The third-order valence-corrected chi connectivity index (χ3v) is 7.39. The van der Waals surface area contributed by atoms with Crippen LogP contribution in [0.5, 0.6) is 5.75 Å². The zero-order chi connectivity index (χ0) is 22.9. The second-order valence-corrected chi connectivity index (χ2v) is 9.49. The van der Waals surface area contributed by atoms with E-state index in [-0.39, 0.29) is 5.91 Å². The predicted molar refractivity (Wildman–Crippen MR) is 131 cm³/mol. The van der Waals surface area contributed by atoms with E-state index in [0.717, 1.165) is 71.3 Å². The molecular weight excluding hydrogens is 448 g/mol. The third kappa shape index (κ3) is 3.92. The van der Waals surface area contributed by atoms with Crippen LogP contribution in [0.1, 0.15) is 21.1 Å². The maximum absolute atomic E-state index is 13.4. The molecule has 6 rings (SSSR count). The molecule has 9 heteroatoms. The SMILES string of the molecule is O=C(c1nc2c(s1)CCOc1cc(-c3cn[nH]c3)ccc1-2)N1CCCN(c2ccccn2)CC1. The van der Waals surface area contributed by atoms with Crippen LogP contribution in [-0.4, -0.2) is 63.8 Å². The Morgan fingerprint density at radius 1 is 1.09 bits per heavy atom. The van der Waals surface area contributed by atoms with Gasteiger partial charge in [0.2, 0.25) is 0 Å². The number of thiazole rings is 1. The van der Waals surface area contributed by atoms with Crippen molar-refractivity contribution in [3.63, 3.8) is 0 Å². The molecule has 4 aromatic rings. The number of amides is 1. The number of aromatic amines is 1. The molecule has 34 heavy (non-hydrogen) atoms. The van der Waals surface area contributed by atoms with Gasteiger partial charge in [-0.15, -0.1) is 11.3 Å². The minimum atomic E-state index is 0.0124. The number of nitrogens with one attached hydrogen (secondary N) is 1. The first-order chi connectivity index (χ1) is 16.8. The molecule has 3 aromatic heterocycles. The topological polar surface area (TPSA) is 87.2 Å². The summed E-state index contributed by atoms with van der Waals surface area (Å²) in [5.74, 6) is 1.77. The van der Waals surface area contributed by atoms with E-state index in [2.05, 4.69) is 20.1 Å². The summed E-state index contributed by atoms with van der Waals surface area (Å²) in [6, 6.07) is 12.0. The van der Waals surface area contributed by atoms with Crippen molar-refractivity contribution in [2.45, 2.75) is 12.8 Å². The predicted octanol–water partition coefficient (Wildman–Crippen LogP) is 3.88. The van der Waals surface area contributed by atoms with Gasteiger partial charge in [0.05, 0.1) is 18.5 Å². The van der Waals surface area contributed by atoms with Crippen molar-refractivity contribution < 1.29 is 9.53 Å². The summed E-state index contributed by atoms with van der Waals surface area (Å²) in [6.07, 6.45) is 7.11. The fraction of sp³-hybridized carbons (Fsp3) is 0.280. The summed E-state index contributed by atoms with van der Waals surface area (Å²) in [4.78, 5) is 28.0. The monoisotopic (exact) mass is 472 g/mol. The average Bonchev–Trinajstić information content (AvgIpc) is 3.45. The number of carbonyl (C=O) groups excluding carboxylic acids is 1. The zero-order valence-corrected chi connectivity index (χ0v) is 19.4. The van der Waals surface area contributed by atoms with Gasteiger partial charge in [-0.25, -0.2) is 9.97 Å². The summed E-state index contributed by atoms with van der Waals surface area (Å²) in [7, 11) is 0. The smallest absolute Gasteiger partial charge is 0.282 e. The lowest BCUT2D eigenvalue weighted by atomic mass is 10.0. The Balaban J connectivity index is 1.24. The molecule has 0 spiro atoms. The highest BCUT2D eigenvalue weighted by Crippen LogP contribution is 2.39. The van der Waals surface area contributed by atoms with Crippen LogP contribution in [0.15, 0.2) is 55.0 Å². The molecule has 5 heterocycles. The van der Waals surface area contributed by atoms with Gasteiger partial charge in [-0.1, -0.05) is 12.1 Å². The number of carbonyl (C=O) groups is 1. The van der Waals surface area contributed by atoms with Crippen LogP contribution in [0.4, 0.5) is 5.82 Å². The van der Waals surface area contributed by atoms with Gasteiger partial charge in [-0.05, 0) is 36.2 Å². The molecule has 0 radical (unpaired) electrons. The van der Waals surface area contributed by atoms with E-state index in [9.17, 15) is 4.79 Å². The first-order valence-electron chi connectivity index (χ1n) is 11.5. The minimum absolute atomic E-state index is 0.0124. The Hall–Kier alpha value is -3.72. The minimum Gasteiger partial charge on any atom is -0.492 e. The highest BCUT2D eigenvalue weighted by molar-refractivity contribution is 7.14. The number of anilines is 1. The van der Waals surface area contributed by atoms with Crippen molar-refractivity contribution in [1.82, 2.24) is 25.1 Å². The molecule has 0 saturated carbocycles. The van der Waals surface area contributed by atoms with Crippen molar-refractivity contribution in [3.8, 4) is 28.1 Å². The molecule has 1 amide bonds. The quantitative estimate of drug-likeness (QED) is 0.487. The maximum atomic E-state index is 13.4. The van der Waals surface area contributed by atoms with Crippen LogP contribution in [-0.2, 0) is 6.42 Å². The molecule has 0 unspecified atom stereocenters. The van der Waals surface area contributed by atoms with Crippen LogP contribution in [0, 0.1) is 0 Å². The van der Waals surface area contributed by atoms with Gasteiger partial charge in [0.1, 0.15) is 11.6 Å². The van der Waals surface area contributed by atoms with Gasteiger partial charge in [-0.2, -0.15) is 5.10 Å². The summed E-state index contributed by atoms with van der Waals surface area (Å²) < 4.78 is 6.04. The lowest BCUT2D eigenvalue weighted by Crippen LogP contribution is -2.35. The van der Waals surface area contributed by atoms with Crippen molar-refractivity contribution in [1.29, 1.82) is 0 Å². The van der Waals surface area contributed by atoms with Gasteiger partial charge in [0.25, 0.3) is 5.91 Å². The number of fused-ring (bicyclic) bond motifs is 3. The van der Waals surface area contributed by atoms with Gasteiger partial charge >= 0.3 is 0 Å². The highest BCUT2D eigenvalue weighted by Gasteiger charge is 2.27. The first-order valence-corrected chi connectivity index (χ1v) is 12.3. The van der Waals surface area contributed by atoms with Crippen LogP contribution in [0.2, 0.25) is 0 Å². The van der Waals surface area contributed by atoms with Crippen molar-refractivity contribution >= 4 is 23.1 Å². The Kier molecular flexibility index (Phi) is 5.46. The fourth-order valence-electron chi connectivity index (χ4n) is 4.53. The van der Waals surface area contributed by atoms with E-state index < -0.39 is 0 Å². The Bertz CT molecular complexity index is 1300. The van der Waals surface area contributed by atoms with Gasteiger partial charge in [-0.3, -0.25) is 9.89 Å². The second kappa shape index (κ2) is 8.90.